The molecule has 4 rings (SSSR count). The molecule has 0 fully saturated rings. The van der Waals surface area contributed by atoms with Crippen molar-refractivity contribution in [1.29, 1.82) is 0 Å². The molecule has 0 saturated heterocycles. The Morgan fingerprint density at radius 2 is 1.85 bits per heavy atom. The maximum Gasteiger partial charge on any atom is 0.257 e. The van der Waals surface area contributed by atoms with Crippen molar-refractivity contribution in [3.05, 3.63) is 58.7 Å². The largest absolute Gasteiger partial charge is 0.490 e. The Balaban J connectivity index is 1.66. The maximum atomic E-state index is 14.0. The average molecular weight is 359 g/mol. The van der Waals surface area contributed by atoms with Gasteiger partial charge in [0.05, 0.1) is 24.8 Å². The van der Waals surface area contributed by atoms with Crippen molar-refractivity contribution in [2.75, 3.05) is 19.8 Å². The second kappa shape index (κ2) is 6.59. The van der Waals surface area contributed by atoms with Crippen LogP contribution in [0.5, 0.6) is 11.5 Å². The number of fused-ring (bicyclic) bond motifs is 2. The topological polar surface area (TPSA) is 38.8 Å². The van der Waals surface area contributed by atoms with Gasteiger partial charge in [-0.1, -0.05) is 0 Å². The molecule has 0 spiro atoms. The van der Waals surface area contributed by atoms with Crippen molar-refractivity contribution in [2.45, 2.75) is 25.8 Å². The van der Waals surface area contributed by atoms with Crippen LogP contribution in [0.25, 0.3) is 0 Å². The molecule has 0 bridgehead atoms. The minimum atomic E-state index is -0.841. The molecule has 4 nitrogen and oxygen atoms in total. The van der Waals surface area contributed by atoms with Gasteiger partial charge in [-0.3, -0.25) is 4.79 Å². The number of nitrogens with zero attached hydrogens (tertiary/aromatic N) is 1. The fourth-order valence-corrected chi connectivity index (χ4v) is 3.57. The summed E-state index contributed by atoms with van der Waals surface area (Å²) in [6, 6.07) is 6.69. The highest BCUT2D eigenvalue weighted by Crippen LogP contribution is 2.39. The van der Waals surface area contributed by atoms with Crippen molar-refractivity contribution in [3.63, 3.8) is 0 Å². The van der Waals surface area contributed by atoms with Crippen molar-refractivity contribution in [2.24, 2.45) is 0 Å². The second-order valence-electron chi connectivity index (χ2n) is 6.60. The van der Waals surface area contributed by atoms with Crippen LogP contribution in [0.15, 0.2) is 30.3 Å². The molecule has 2 aromatic rings. The lowest BCUT2D eigenvalue weighted by Gasteiger charge is -2.36. The van der Waals surface area contributed by atoms with E-state index in [9.17, 15) is 13.6 Å². The summed E-state index contributed by atoms with van der Waals surface area (Å²) in [6.07, 6.45) is 1.47. The molecule has 1 amide bonds. The summed E-state index contributed by atoms with van der Waals surface area (Å²) < 4.78 is 38.6. The Morgan fingerprint density at radius 3 is 2.58 bits per heavy atom. The van der Waals surface area contributed by atoms with Gasteiger partial charge in [0.25, 0.3) is 5.91 Å². The van der Waals surface area contributed by atoms with E-state index in [1.54, 1.807) is 4.90 Å². The minimum Gasteiger partial charge on any atom is -0.490 e. The first-order valence-electron chi connectivity index (χ1n) is 8.73. The van der Waals surface area contributed by atoms with E-state index in [-0.39, 0.29) is 11.6 Å². The zero-order valence-electron chi connectivity index (χ0n) is 14.4. The first kappa shape index (κ1) is 16.8. The van der Waals surface area contributed by atoms with Crippen LogP contribution in [-0.2, 0) is 6.42 Å². The lowest BCUT2D eigenvalue weighted by Crippen LogP contribution is -2.39. The number of carbonyl (C=O) groups is 1. The predicted octanol–water partition coefficient (Wildman–Crippen LogP) is 3.89. The van der Waals surface area contributed by atoms with E-state index in [4.69, 9.17) is 9.47 Å². The smallest absolute Gasteiger partial charge is 0.257 e. The van der Waals surface area contributed by atoms with Crippen LogP contribution in [-0.4, -0.2) is 30.6 Å². The summed E-state index contributed by atoms with van der Waals surface area (Å²) in [6.45, 7) is 3.57. The third-order valence-corrected chi connectivity index (χ3v) is 4.97. The van der Waals surface area contributed by atoms with Gasteiger partial charge in [0, 0.05) is 19.0 Å². The molecule has 0 N–H and O–H groups in total. The summed E-state index contributed by atoms with van der Waals surface area (Å²) in [5, 5.41) is 0. The van der Waals surface area contributed by atoms with Gasteiger partial charge in [-0.25, -0.2) is 8.78 Å². The van der Waals surface area contributed by atoms with E-state index < -0.39 is 17.5 Å². The quantitative estimate of drug-likeness (QED) is 0.776. The summed E-state index contributed by atoms with van der Waals surface area (Å²) in [4.78, 5) is 14.4. The fraction of sp³-hybridized carbons (Fsp3) is 0.350. The molecule has 0 aliphatic carbocycles. The summed E-state index contributed by atoms with van der Waals surface area (Å²) >= 11 is 0. The lowest BCUT2D eigenvalue weighted by atomic mass is 9.92. The van der Waals surface area contributed by atoms with Crippen LogP contribution in [0.4, 0.5) is 8.78 Å². The average Bonchev–Trinajstić information content (AvgIpc) is 2.85. The molecule has 0 radical (unpaired) electrons. The molecule has 2 aliphatic heterocycles. The van der Waals surface area contributed by atoms with E-state index >= 15 is 0 Å². The van der Waals surface area contributed by atoms with E-state index in [1.165, 1.54) is 6.07 Å². The first-order valence-corrected chi connectivity index (χ1v) is 8.73. The second-order valence-corrected chi connectivity index (χ2v) is 6.60. The number of benzene rings is 2. The molecular weight excluding hydrogens is 340 g/mol. The summed E-state index contributed by atoms with van der Waals surface area (Å²) in [5.74, 6) is -0.566. The van der Waals surface area contributed by atoms with Gasteiger partial charge < -0.3 is 14.4 Å². The molecule has 6 heteroatoms. The number of rotatable bonds is 1. The summed E-state index contributed by atoms with van der Waals surface area (Å²) in [5.41, 5.74) is 1.96. The number of carbonyl (C=O) groups excluding carboxylic acids is 1. The molecule has 2 heterocycles. The molecule has 136 valence electrons. The molecule has 0 saturated carbocycles. The monoisotopic (exact) mass is 359 g/mol. The van der Waals surface area contributed by atoms with Gasteiger partial charge in [-0.15, -0.1) is 0 Å². The van der Waals surface area contributed by atoms with Crippen LogP contribution in [0.3, 0.4) is 0 Å². The van der Waals surface area contributed by atoms with Gasteiger partial charge in [-0.05, 0) is 48.7 Å². The highest BCUT2D eigenvalue weighted by molar-refractivity contribution is 5.95. The number of hydrogen-bond acceptors (Lipinski definition) is 3. The zero-order valence-corrected chi connectivity index (χ0v) is 14.4. The van der Waals surface area contributed by atoms with Gasteiger partial charge >= 0.3 is 0 Å². The van der Waals surface area contributed by atoms with Gasteiger partial charge in [0.1, 0.15) is 11.6 Å². The van der Waals surface area contributed by atoms with Gasteiger partial charge in [0.15, 0.2) is 11.5 Å². The van der Waals surface area contributed by atoms with Crippen LogP contribution < -0.4 is 9.47 Å². The Morgan fingerprint density at radius 1 is 1.12 bits per heavy atom. The SMILES string of the molecule is C[C@@H]1c2cc3c(cc2CCN1C(=O)c1ccc(F)cc1F)OCCCO3. The Hall–Kier alpha value is -2.63. The molecule has 1 atom stereocenters. The van der Waals surface area contributed by atoms with E-state index in [1.807, 2.05) is 19.1 Å². The molecule has 2 aliphatic rings. The zero-order chi connectivity index (χ0) is 18.3. The highest BCUT2D eigenvalue weighted by Gasteiger charge is 2.31. The van der Waals surface area contributed by atoms with E-state index in [0.29, 0.717) is 31.9 Å². The van der Waals surface area contributed by atoms with Crippen molar-refractivity contribution >= 4 is 5.91 Å². The van der Waals surface area contributed by atoms with Crippen LogP contribution in [0.2, 0.25) is 0 Å². The standard InChI is InChI=1S/C20H19F2NO3/c1-12-16-11-19-18(25-7-2-8-26-19)9-13(16)5-6-23(12)20(24)15-4-3-14(21)10-17(15)22/h3-4,9-12H,2,5-8H2,1H3/t12-/m1/s1. The first-order chi connectivity index (χ1) is 12.5. The Bertz CT molecular complexity index is 868. The number of ether oxygens (including phenoxy) is 2. The molecule has 0 unspecified atom stereocenters. The van der Waals surface area contributed by atoms with E-state index in [0.717, 1.165) is 35.4 Å². The number of hydrogen-bond donors (Lipinski definition) is 0. The normalized spacial score (nSPS) is 18.9. The molecule has 0 aromatic heterocycles. The van der Waals surface area contributed by atoms with Crippen LogP contribution in [0, 0.1) is 11.6 Å². The van der Waals surface area contributed by atoms with Gasteiger partial charge in [-0.2, -0.15) is 0 Å². The number of amides is 1. The third-order valence-electron chi connectivity index (χ3n) is 4.97. The summed E-state index contributed by atoms with van der Waals surface area (Å²) in [7, 11) is 0. The lowest BCUT2D eigenvalue weighted by molar-refractivity contribution is 0.0672. The predicted molar refractivity (Wildman–Crippen MR) is 91.6 cm³/mol. The van der Waals surface area contributed by atoms with Crippen LogP contribution >= 0.6 is 0 Å². The number of halogens is 2. The maximum absolute atomic E-state index is 14.0. The third kappa shape index (κ3) is 2.89. The molecule has 2 aromatic carbocycles. The molecule has 26 heavy (non-hydrogen) atoms. The van der Waals surface area contributed by atoms with Crippen molar-refractivity contribution < 1.29 is 23.0 Å². The highest BCUT2D eigenvalue weighted by atomic mass is 19.1. The van der Waals surface area contributed by atoms with E-state index in [2.05, 4.69) is 0 Å². The molecular formula is C20H19F2NO3. The van der Waals surface area contributed by atoms with Gasteiger partial charge in [0.2, 0.25) is 0 Å². The van der Waals surface area contributed by atoms with Crippen LogP contribution in [0.1, 0.15) is 40.9 Å². The van der Waals surface area contributed by atoms with Crippen molar-refractivity contribution in [3.8, 4) is 11.5 Å². The Kier molecular flexibility index (Phi) is 4.26. The Labute approximate surface area is 150 Å². The van der Waals surface area contributed by atoms with Crippen molar-refractivity contribution in [1.82, 2.24) is 4.90 Å². The fourth-order valence-electron chi connectivity index (χ4n) is 3.57. The minimum absolute atomic E-state index is 0.115.